The lowest BCUT2D eigenvalue weighted by atomic mass is 10.1. The van der Waals surface area contributed by atoms with E-state index in [1.54, 1.807) is 18.3 Å². The Morgan fingerprint density at radius 1 is 1.10 bits per heavy atom. The van der Waals surface area contributed by atoms with Gasteiger partial charge in [0.1, 0.15) is 5.69 Å². The number of carbonyl (C=O) groups excluding carboxylic acids is 1. The van der Waals surface area contributed by atoms with Crippen LogP contribution in [0.15, 0.2) is 54.9 Å². The van der Waals surface area contributed by atoms with Crippen LogP contribution in [0, 0.1) is 0 Å². The molecular formula is C16H14N4O. The molecular weight excluding hydrogens is 264 g/mol. The van der Waals surface area contributed by atoms with Gasteiger partial charge in [0, 0.05) is 30.0 Å². The fourth-order valence-electron chi connectivity index (χ4n) is 2.15. The first-order chi connectivity index (χ1) is 10.2. The predicted molar refractivity (Wildman–Crippen MR) is 81.6 cm³/mol. The maximum atomic E-state index is 12.1. The van der Waals surface area contributed by atoms with Gasteiger partial charge in [0.05, 0.1) is 5.52 Å². The lowest BCUT2D eigenvalue weighted by molar-refractivity contribution is 0.0946. The van der Waals surface area contributed by atoms with Crippen molar-refractivity contribution in [3.8, 4) is 0 Å². The number of nitrogens with zero attached hydrogens (tertiary/aromatic N) is 2. The number of carbonyl (C=O) groups is 1. The summed E-state index contributed by atoms with van der Waals surface area (Å²) >= 11 is 0. The average molecular weight is 278 g/mol. The van der Waals surface area contributed by atoms with E-state index in [2.05, 4.69) is 15.3 Å². The van der Waals surface area contributed by atoms with E-state index in [1.807, 2.05) is 30.3 Å². The van der Waals surface area contributed by atoms with Crippen LogP contribution in [0.5, 0.6) is 0 Å². The third-order valence-corrected chi connectivity index (χ3v) is 3.17. The van der Waals surface area contributed by atoms with Gasteiger partial charge in [-0.05, 0) is 23.8 Å². The summed E-state index contributed by atoms with van der Waals surface area (Å²) in [5.41, 5.74) is 8.33. The van der Waals surface area contributed by atoms with Crippen LogP contribution in [0.1, 0.15) is 16.1 Å². The molecule has 3 rings (SSSR count). The fourth-order valence-corrected chi connectivity index (χ4v) is 2.15. The molecule has 0 fully saturated rings. The molecule has 0 aliphatic heterocycles. The highest BCUT2D eigenvalue weighted by atomic mass is 16.1. The molecule has 3 N–H and O–H groups in total. The molecule has 0 spiro atoms. The van der Waals surface area contributed by atoms with Gasteiger partial charge < -0.3 is 11.1 Å². The molecule has 2 aromatic heterocycles. The molecule has 0 saturated carbocycles. The number of nitrogens with one attached hydrogen (secondary N) is 1. The van der Waals surface area contributed by atoms with Gasteiger partial charge in [0.25, 0.3) is 5.91 Å². The summed E-state index contributed by atoms with van der Waals surface area (Å²) in [6.07, 6.45) is 3.26. The van der Waals surface area contributed by atoms with Crippen molar-refractivity contribution in [2.24, 2.45) is 0 Å². The van der Waals surface area contributed by atoms with Gasteiger partial charge in [-0.1, -0.05) is 24.3 Å². The number of nitrogens with two attached hydrogens (primary N) is 1. The minimum atomic E-state index is -0.254. The van der Waals surface area contributed by atoms with E-state index in [9.17, 15) is 4.79 Å². The lowest BCUT2D eigenvalue weighted by Crippen LogP contribution is -2.24. The summed E-state index contributed by atoms with van der Waals surface area (Å²) in [6.45, 7) is 0.393. The Kier molecular flexibility index (Phi) is 3.47. The molecule has 0 saturated heterocycles. The van der Waals surface area contributed by atoms with Gasteiger partial charge in [0.2, 0.25) is 0 Å². The zero-order valence-electron chi connectivity index (χ0n) is 11.3. The predicted octanol–water partition coefficient (Wildman–Crippen LogP) is 2.14. The van der Waals surface area contributed by atoms with Crippen molar-refractivity contribution < 1.29 is 4.79 Å². The number of pyridine rings is 2. The molecule has 3 aromatic rings. The van der Waals surface area contributed by atoms with Gasteiger partial charge in [-0.15, -0.1) is 0 Å². The Hall–Kier alpha value is -2.95. The van der Waals surface area contributed by atoms with Gasteiger partial charge in [0.15, 0.2) is 0 Å². The average Bonchev–Trinajstić information content (AvgIpc) is 2.52. The number of hydrogen-bond donors (Lipinski definition) is 2. The van der Waals surface area contributed by atoms with Crippen LogP contribution in [0.25, 0.3) is 10.9 Å². The maximum Gasteiger partial charge on any atom is 0.270 e. The normalized spacial score (nSPS) is 10.5. The van der Waals surface area contributed by atoms with E-state index < -0.39 is 0 Å². The van der Waals surface area contributed by atoms with E-state index in [1.165, 1.54) is 6.20 Å². The second kappa shape index (κ2) is 5.58. The van der Waals surface area contributed by atoms with Crippen molar-refractivity contribution in [1.29, 1.82) is 0 Å². The molecule has 1 aromatic carbocycles. The standard InChI is InChI=1S/C16H14N4O/c17-13-6-8-18-14(9-13)16(21)20-10-12-4-1-3-11-5-2-7-19-15(11)12/h1-9H,10H2,(H2,17,18)(H,20,21). The molecule has 0 unspecified atom stereocenters. The Labute approximate surface area is 121 Å². The first kappa shape index (κ1) is 13.1. The van der Waals surface area contributed by atoms with Gasteiger partial charge in [-0.3, -0.25) is 14.8 Å². The highest BCUT2D eigenvalue weighted by Gasteiger charge is 2.08. The monoisotopic (exact) mass is 278 g/mol. The maximum absolute atomic E-state index is 12.1. The number of anilines is 1. The lowest BCUT2D eigenvalue weighted by Gasteiger charge is -2.07. The highest BCUT2D eigenvalue weighted by molar-refractivity contribution is 5.93. The van der Waals surface area contributed by atoms with Gasteiger partial charge >= 0.3 is 0 Å². The molecule has 104 valence electrons. The summed E-state index contributed by atoms with van der Waals surface area (Å²) in [7, 11) is 0. The molecule has 5 heteroatoms. The molecule has 2 heterocycles. The molecule has 0 atom stereocenters. The Morgan fingerprint density at radius 3 is 2.81 bits per heavy atom. The zero-order chi connectivity index (χ0) is 14.7. The van der Waals surface area contributed by atoms with Crippen LogP contribution < -0.4 is 11.1 Å². The summed E-state index contributed by atoms with van der Waals surface area (Å²) in [6, 6.07) is 13.0. The second-order valence-corrected chi connectivity index (χ2v) is 4.65. The molecule has 0 radical (unpaired) electrons. The van der Waals surface area contributed by atoms with E-state index in [-0.39, 0.29) is 5.91 Å². The minimum absolute atomic E-state index is 0.254. The molecule has 1 amide bonds. The fraction of sp³-hybridized carbons (Fsp3) is 0.0625. The molecule has 21 heavy (non-hydrogen) atoms. The summed E-state index contributed by atoms with van der Waals surface area (Å²) in [4.78, 5) is 20.4. The smallest absolute Gasteiger partial charge is 0.270 e. The minimum Gasteiger partial charge on any atom is -0.399 e. The van der Waals surface area contributed by atoms with Crippen molar-refractivity contribution in [2.45, 2.75) is 6.54 Å². The molecule has 0 bridgehead atoms. The van der Waals surface area contributed by atoms with E-state index >= 15 is 0 Å². The van der Waals surface area contributed by atoms with E-state index in [0.717, 1.165) is 16.5 Å². The van der Waals surface area contributed by atoms with Crippen molar-refractivity contribution in [3.05, 3.63) is 66.1 Å². The Morgan fingerprint density at radius 2 is 1.95 bits per heavy atom. The number of para-hydroxylation sites is 1. The van der Waals surface area contributed by atoms with Crippen LogP contribution >= 0.6 is 0 Å². The first-order valence-electron chi connectivity index (χ1n) is 6.56. The largest absolute Gasteiger partial charge is 0.399 e. The van der Waals surface area contributed by atoms with Crippen LogP contribution in [0.2, 0.25) is 0 Å². The number of hydrogen-bond acceptors (Lipinski definition) is 4. The topological polar surface area (TPSA) is 80.9 Å². The number of amides is 1. The molecule has 0 aliphatic carbocycles. The molecule has 0 aliphatic rings. The van der Waals surface area contributed by atoms with Gasteiger partial charge in [-0.2, -0.15) is 0 Å². The highest BCUT2D eigenvalue weighted by Crippen LogP contribution is 2.15. The van der Waals surface area contributed by atoms with E-state index in [0.29, 0.717) is 17.9 Å². The Bertz CT molecular complexity index is 796. The summed E-state index contributed by atoms with van der Waals surface area (Å²) < 4.78 is 0. The van der Waals surface area contributed by atoms with Crippen LogP contribution in [0.4, 0.5) is 5.69 Å². The third-order valence-electron chi connectivity index (χ3n) is 3.17. The first-order valence-corrected chi connectivity index (χ1v) is 6.56. The zero-order valence-corrected chi connectivity index (χ0v) is 11.3. The van der Waals surface area contributed by atoms with Gasteiger partial charge in [-0.25, -0.2) is 0 Å². The van der Waals surface area contributed by atoms with Crippen molar-refractivity contribution >= 4 is 22.5 Å². The number of benzene rings is 1. The SMILES string of the molecule is Nc1ccnc(C(=O)NCc2cccc3cccnc23)c1. The number of aromatic nitrogens is 2. The van der Waals surface area contributed by atoms with Crippen LogP contribution in [-0.2, 0) is 6.54 Å². The summed E-state index contributed by atoms with van der Waals surface area (Å²) in [5, 5.41) is 3.89. The van der Waals surface area contributed by atoms with Crippen molar-refractivity contribution in [3.63, 3.8) is 0 Å². The summed E-state index contributed by atoms with van der Waals surface area (Å²) in [5.74, 6) is -0.254. The van der Waals surface area contributed by atoms with Crippen molar-refractivity contribution in [1.82, 2.24) is 15.3 Å². The van der Waals surface area contributed by atoms with Crippen molar-refractivity contribution in [2.75, 3.05) is 5.73 Å². The Balaban J connectivity index is 1.79. The number of fused-ring (bicyclic) bond motifs is 1. The van der Waals surface area contributed by atoms with Crippen LogP contribution in [0.3, 0.4) is 0 Å². The third kappa shape index (κ3) is 2.81. The second-order valence-electron chi connectivity index (χ2n) is 4.65. The van der Waals surface area contributed by atoms with E-state index in [4.69, 9.17) is 5.73 Å². The quantitative estimate of drug-likeness (QED) is 0.769. The molecule has 5 nitrogen and oxygen atoms in total. The number of nitrogen functional groups attached to an aromatic ring is 1. The number of rotatable bonds is 3. The van der Waals surface area contributed by atoms with Crippen LogP contribution in [-0.4, -0.2) is 15.9 Å².